The Morgan fingerprint density at radius 3 is 1.00 bits per heavy atom. The van der Waals surface area contributed by atoms with Crippen LogP contribution in [-0.2, 0) is 0 Å². The molecule has 26 heavy (non-hydrogen) atoms. The zero-order valence-corrected chi connectivity index (χ0v) is 14.3. The van der Waals surface area contributed by atoms with Crippen molar-refractivity contribution in [2.45, 2.75) is 0 Å². The molecular formula is C16H12Cl2O8. The Kier molecular flexibility index (Phi) is 7.78. The van der Waals surface area contributed by atoms with Gasteiger partial charge in [-0.2, -0.15) is 0 Å². The summed E-state index contributed by atoms with van der Waals surface area (Å²) < 4.78 is 0. The number of hydrogen-bond acceptors (Lipinski definition) is 4. The van der Waals surface area contributed by atoms with Gasteiger partial charge in [-0.15, -0.1) is 24.8 Å². The maximum atomic E-state index is 11.2. The summed E-state index contributed by atoms with van der Waals surface area (Å²) in [6, 6.07) is 6.99. The van der Waals surface area contributed by atoms with Crippen LogP contribution in [0.25, 0.3) is 11.1 Å². The lowest BCUT2D eigenvalue weighted by atomic mass is 9.96. The summed E-state index contributed by atoms with van der Waals surface area (Å²) in [5.74, 6) is -5.72. The minimum absolute atomic E-state index is 0. The minimum atomic E-state index is -1.45. The molecule has 0 saturated heterocycles. The molecule has 2 rings (SSSR count). The summed E-state index contributed by atoms with van der Waals surface area (Å²) in [5, 5.41) is 36.2. The van der Waals surface area contributed by atoms with Crippen molar-refractivity contribution in [1.82, 2.24) is 0 Å². The maximum Gasteiger partial charge on any atom is 0.336 e. The molecule has 0 unspecified atom stereocenters. The average molecular weight is 403 g/mol. The molecule has 0 amide bonds. The van der Waals surface area contributed by atoms with Gasteiger partial charge in [0.05, 0.1) is 22.3 Å². The molecular weight excluding hydrogens is 391 g/mol. The van der Waals surface area contributed by atoms with Gasteiger partial charge in [-0.05, 0) is 35.4 Å². The molecule has 0 heterocycles. The molecule has 2 aromatic rings. The van der Waals surface area contributed by atoms with Crippen LogP contribution in [0.3, 0.4) is 0 Å². The second-order valence-corrected chi connectivity index (χ2v) is 4.74. The Bertz CT molecular complexity index is 818. The van der Waals surface area contributed by atoms with E-state index in [1.807, 2.05) is 0 Å². The van der Waals surface area contributed by atoms with Crippen LogP contribution >= 0.6 is 24.8 Å². The van der Waals surface area contributed by atoms with Crippen molar-refractivity contribution in [3.63, 3.8) is 0 Å². The largest absolute Gasteiger partial charge is 0.478 e. The lowest BCUT2D eigenvalue weighted by Gasteiger charge is -2.09. The summed E-state index contributed by atoms with van der Waals surface area (Å²) in [4.78, 5) is 44.4. The molecule has 0 saturated carbocycles. The topological polar surface area (TPSA) is 149 Å². The van der Waals surface area contributed by atoms with Gasteiger partial charge in [-0.25, -0.2) is 19.2 Å². The molecule has 4 N–H and O–H groups in total. The summed E-state index contributed by atoms with van der Waals surface area (Å²) in [6.07, 6.45) is 0. The highest BCUT2D eigenvalue weighted by Gasteiger charge is 2.19. The third-order valence-electron chi connectivity index (χ3n) is 3.29. The van der Waals surface area contributed by atoms with Crippen molar-refractivity contribution >= 4 is 48.7 Å². The molecule has 10 heteroatoms. The third-order valence-corrected chi connectivity index (χ3v) is 3.29. The summed E-state index contributed by atoms with van der Waals surface area (Å²) in [5.41, 5.74) is -1.24. The average Bonchev–Trinajstić information content (AvgIpc) is 2.53. The summed E-state index contributed by atoms with van der Waals surface area (Å²) in [7, 11) is 0. The van der Waals surface area contributed by atoms with Crippen LogP contribution < -0.4 is 0 Å². The van der Waals surface area contributed by atoms with Gasteiger partial charge in [-0.1, -0.05) is 12.1 Å². The van der Waals surface area contributed by atoms with Gasteiger partial charge in [0, 0.05) is 0 Å². The van der Waals surface area contributed by atoms with Crippen molar-refractivity contribution < 1.29 is 39.6 Å². The van der Waals surface area contributed by atoms with Crippen molar-refractivity contribution in [3.8, 4) is 11.1 Å². The Morgan fingerprint density at radius 2 is 0.769 bits per heavy atom. The van der Waals surface area contributed by atoms with Crippen LogP contribution in [0.4, 0.5) is 0 Å². The number of halogens is 2. The first-order valence-electron chi connectivity index (χ1n) is 6.44. The molecule has 0 aliphatic rings. The van der Waals surface area contributed by atoms with E-state index in [2.05, 4.69) is 0 Å². The fraction of sp³-hybridized carbons (Fsp3) is 0. The number of carboxylic acids is 4. The van der Waals surface area contributed by atoms with E-state index in [0.717, 1.165) is 24.3 Å². The van der Waals surface area contributed by atoms with Crippen LogP contribution in [0.2, 0.25) is 0 Å². The van der Waals surface area contributed by atoms with Crippen LogP contribution in [0.15, 0.2) is 36.4 Å². The van der Waals surface area contributed by atoms with Gasteiger partial charge in [0.25, 0.3) is 0 Å². The fourth-order valence-electron chi connectivity index (χ4n) is 2.17. The molecule has 8 nitrogen and oxygen atoms in total. The number of carbonyl (C=O) groups is 4. The molecule has 0 radical (unpaired) electrons. The predicted octanol–water partition coefficient (Wildman–Crippen LogP) is 2.99. The second-order valence-electron chi connectivity index (χ2n) is 4.74. The lowest BCUT2D eigenvalue weighted by Crippen LogP contribution is -2.09. The van der Waals surface area contributed by atoms with Gasteiger partial charge in [-0.3, -0.25) is 0 Å². The van der Waals surface area contributed by atoms with Gasteiger partial charge in [0.15, 0.2) is 0 Å². The minimum Gasteiger partial charge on any atom is -0.478 e. The molecule has 0 bridgehead atoms. The molecule has 0 aromatic heterocycles. The highest BCUT2D eigenvalue weighted by Crippen LogP contribution is 2.25. The van der Waals surface area contributed by atoms with Gasteiger partial charge < -0.3 is 20.4 Å². The Morgan fingerprint density at radius 1 is 0.500 bits per heavy atom. The number of rotatable bonds is 5. The summed E-state index contributed by atoms with van der Waals surface area (Å²) >= 11 is 0. The van der Waals surface area contributed by atoms with Crippen LogP contribution in [0, 0.1) is 0 Å². The second kappa shape index (κ2) is 8.84. The number of aromatic carboxylic acids is 4. The number of carboxylic acid groups (broad SMARTS) is 4. The van der Waals surface area contributed by atoms with Gasteiger partial charge in [0.1, 0.15) is 0 Å². The summed E-state index contributed by atoms with van der Waals surface area (Å²) in [6.45, 7) is 0. The number of benzene rings is 2. The van der Waals surface area contributed by atoms with Crippen molar-refractivity contribution in [3.05, 3.63) is 58.7 Å². The van der Waals surface area contributed by atoms with E-state index < -0.39 is 46.1 Å². The van der Waals surface area contributed by atoms with E-state index in [4.69, 9.17) is 20.4 Å². The molecule has 0 aliphatic carbocycles. The van der Waals surface area contributed by atoms with E-state index in [-0.39, 0.29) is 35.9 Å². The van der Waals surface area contributed by atoms with Gasteiger partial charge in [0.2, 0.25) is 0 Å². The molecule has 0 atom stereocenters. The Hall–Kier alpha value is -3.10. The maximum absolute atomic E-state index is 11.2. The molecule has 0 fully saturated rings. The first-order valence-corrected chi connectivity index (χ1v) is 6.44. The first-order chi connectivity index (χ1) is 11.2. The van der Waals surface area contributed by atoms with Crippen LogP contribution in [0.1, 0.15) is 41.4 Å². The molecule has 0 spiro atoms. The van der Waals surface area contributed by atoms with Crippen molar-refractivity contribution in [2.24, 2.45) is 0 Å². The van der Waals surface area contributed by atoms with E-state index >= 15 is 0 Å². The van der Waals surface area contributed by atoms with E-state index in [1.54, 1.807) is 0 Å². The molecule has 0 aliphatic heterocycles. The first kappa shape index (κ1) is 22.9. The van der Waals surface area contributed by atoms with Crippen molar-refractivity contribution in [1.29, 1.82) is 0 Å². The molecule has 138 valence electrons. The normalized spacial score (nSPS) is 9.38. The van der Waals surface area contributed by atoms with E-state index in [9.17, 15) is 19.2 Å². The highest BCUT2D eigenvalue weighted by atomic mass is 35.5. The lowest BCUT2D eigenvalue weighted by molar-refractivity contribution is 0.0651. The van der Waals surface area contributed by atoms with Gasteiger partial charge >= 0.3 is 23.9 Å². The monoisotopic (exact) mass is 402 g/mol. The zero-order chi connectivity index (χ0) is 18.0. The van der Waals surface area contributed by atoms with E-state index in [0.29, 0.717) is 0 Å². The quantitative estimate of drug-likeness (QED) is 0.595. The van der Waals surface area contributed by atoms with Crippen molar-refractivity contribution in [2.75, 3.05) is 0 Å². The number of hydrogen-bond donors (Lipinski definition) is 4. The predicted molar refractivity (Wildman–Crippen MR) is 94.2 cm³/mol. The van der Waals surface area contributed by atoms with E-state index in [1.165, 1.54) is 12.1 Å². The third kappa shape index (κ3) is 4.50. The highest BCUT2D eigenvalue weighted by molar-refractivity contribution is 6.04. The fourth-order valence-corrected chi connectivity index (χ4v) is 2.17. The molecule has 2 aromatic carbocycles. The Labute approximate surface area is 158 Å². The SMILES string of the molecule is Cl.Cl.O=C(O)c1ccc(-c2ccc(C(=O)O)c(C(=O)O)c2)cc1C(=O)O. The smallest absolute Gasteiger partial charge is 0.336 e. The van der Waals surface area contributed by atoms with Crippen LogP contribution in [-0.4, -0.2) is 44.3 Å². The zero-order valence-electron chi connectivity index (χ0n) is 12.7. The van der Waals surface area contributed by atoms with Crippen LogP contribution in [0.5, 0.6) is 0 Å². The standard InChI is InChI=1S/C16H10O8.2ClH/c17-13(18)9-3-1-7(5-11(9)15(21)22)8-2-4-10(14(19)20)12(6-8)16(23)24;;/h1-6H,(H,17,18)(H,19,20)(H,21,22)(H,23,24);2*1H. The Balaban J connectivity index is 0.00000312.